The number of hydrogen-bond acceptors (Lipinski definition) is 8. The zero-order valence-corrected chi connectivity index (χ0v) is 30.3. The van der Waals surface area contributed by atoms with Gasteiger partial charge in [0.15, 0.2) is 8.32 Å². The third-order valence-electron chi connectivity index (χ3n) is 7.25. The molecule has 0 saturated carbocycles. The molecular weight excluding hydrogens is 602 g/mol. The Kier molecular flexibility index (Phi) is 11.1. The van der Waals surface area contributed by atoms with Gasteiger partial charge in [-0.05, 0) is 51.0 Å². The Morgan fingerprint density at radius 1 is 0.977 bits per heavy atom. The van der Waals surface area contributed by atoms with Crippen molar-refractivity contribution in [3.63, 3.8) is 0 Å². The molecule has 0 atom stereocenters. The first kappa shape index (κ1) is 35.0. The molecule has 0 aliphatic rings. The summed E-state index contributed by atoms with van der Waals surface area (Å²) in [5, 5.41) is 3.80. The van der Waals surface area contributed by atoms with Gasteiger partial charge < -0.3 is 23.2 Å². The van der Waals surface area contributed by atoms with Gasteiger partial charge in [0.25, 0.3) is 0 Å². The Morgan fingerprint density at radius 2 is 1.67 bits per heavy atom. The molecule has 3 rings (SSSR count). The summed E-state index contributed by atoms with van der Waals surface area (Å²) < 4.78 is 26.1. The fraction of sp³-hybridized carbons (Fsp3) is 0.600. The summed E-state index contributed by atoms with van der Waals surface area (Å²) in [7, 11) is -3.22. The van der Waals surface area contributed by atoms with Crippen LogP contribution in [0.4, 0.5) is 10.6 Å². The highest BCUT2D eigenvalue weighted by Crippen LogP contribution is 2.38. The lowest BCUT2D eigenvalue weighted by Crippen LogP contribution is -2.41. The van der Waals surface area contributed by atoms with Crippen LogP contribution in [0.1, 0.15) is 41.5 Å². The van der Waals surface area contributed by atoms with Crippen LogP contribution in [0.25, 0.3) is 22.3 Å². The van der Waals surface area contributed by atoms with Crippen molar-refractivity contribution in [2.24, 2.45) is 0 Å². The highest BCUT2D eigenvalue weighted by Gasteiger charge is 2.37. The van der Waals surface area contributed by atoms with Crippen molar-refractivity contribution >= 4 is 50.9 Å². The van der Waals surface area contributed by atoms with Crippen molar-refractivity contribution in [1.29, 1.82) is 0 Å². The number of aromatic nitrogens is 4. The second-order valence-corrected chi connectivity index (χ2v) is 25.2. The predicted molar refractivity (Wildman–Crippen MR) is 178 cm³/mol. The molecule has 238 valence electrons. The minimum Gasteiger partial charge on any atom is -0.490 e. The smallest absolute Gasteiger partial charge is 0.413 e. The van der Waals surface area contributed by atoms with Gasteiger partial charge in [0.1, 0.15) is 47.6 Å². The molecule has 3 heterocycles. The number of hydrogen-bond donors (Lipinski definition) is 1. The number of carbonyl (C=O) groups is 1. The summed E-state index contributed by atoms with van der Waals surface area (Å²) in [5.74, 6) is 0.883. The molecule has 1 amide bonds. The summed E-state index contributed by atoms with van der Waals surface area (Å²) in [4.78, 5) is 25.9. The van der Waals surface area contributed by atoms with E-state index >= 15 is 0 Å². The van der Waals surface area contributed by atoms with E-state index in [1.165, 1.54) is 6.33 Å². The Morgan fingerprint density at radius 3 is 2.30 bits per heavy atom. The lowest BCUT2D eigenvalue weighted by molar-refractivity contribution is 0.0635. The third kappa shape index (κ3) is 10.00. The SMILES string of the molecule is CC(C)(C)OC(=O)Nc1ncnc2c1cc(-c1cnc(Cl)cc1OCCO[Si](C)(C)C(C)(C)C)n2COCC[Si](C)(C)C. The van der Waals surface area contributed by atoms with E-state index in [9.17, 15) is 4.79 Å². The van der Waals surface area contributed by atoms with E-state index in [4.69, 9.17) is 30.2 Å². The molecule has 0 aromatic carbocycles. The quantitative estimate of drug-likeness (QED) is 0.119. The van der Waals surface area contributed by atoms with Crippen molar-refractivity contribution in [2.45, 2.75) is 97.7 Å². The van der Waals surface area contributed by atoms with E-state index in [1.807, 2.05) is 10.6 Å². The maximum absolute atomic E-state index is 12.6. The molecule has 3 aromatic rings. The van der Waals surface area contributed by atoms with Gasteiger partial charge in [0.05, 0.1) is 23.3 Å². The first-order chi connectivity index (χ1) is 19.8. The lowest BCUT2D eigenvalue weighted by atomic mass is 10.2. The van der Waals surface area contributed by atoms with E-state index in [1.54, 1.807) is 33.0 Å². The zero-order chi connectivity index (χ0) is 32.2. The molecule has 13 heteroatoms. The van der Waals surface area contributed by atoms with Gasteiger partial charge in [0, 0.05) is 26.9 Å². The molecule has 0 fully saturated rings. The van der Waals surface area contributed by atoms with Gasteiger partial charge in [-0.1, -0.05) is 52.0 Å². The highest BCUT2D eigenvalue weighted by atomic mass is 35.5. The second kappa shape index (κ2) is 13.6. The number of rotatable bonds is 12. The number of ether oxygens (including phenoxy) is 3. The Bertz CT molecular complexity index is 1410. The van der Waals surface area contributed by atoms with Crippen LogP contribution in [0.2, 0.25) is 49.0 Å². The van der Waals surface area contributed by atoms with Gasteiger partial charge >= 0.3 is 6.09 Å². The van der Waals surface area contributed by atoms with Crippen LogP contribution in [-0.4, -0.2) is 67.4 Å². The minimum absolute atomic E-state index is 0.0979. The van der Waals surface area contributed by atoms with Gasteiger partial charge in [-0.15, -0.1) is 0 Å². The Balaban J connectivity index is 1.99. The molecule has 0 saturated heterocycles. The normalized spacial score (nSPS) is 12.9. The van der Waals surface area contributed by atoms with Gasteiger partial charge in [-0.25, -0.2) is 19.7 Å². The maximum Gasteiger partial charge on any atom is 0.413 e. The number of nitrogens with one attached hydrogen (secondary N) is 1. The van der Waals surface area contributed by atoms with Crippen molar-refractivity contribution < 1.29 is 23.4 Å². The van der Waals surface area contributed by atoms with Crippen LogP contribution in [0.3, 0.4) is 0 Å². The van der Waals surface area contributed by atoms with Crippen LogP contribution >= 0.6 is 11.6 Å². The molecule has 0 bridgehead atoms. The summed E-state index contributed by atoms with van der Waals surface area (Å²) in [6.45, 7) is 25.1. The van der Waals surface area contributed by atoms with Crippen molar-refractivity contribution in [1.82, 2.24) is 19.5 Å². The van der Waals surface area contributed by atoms with E-state index in [0.29, 0.717) is 53.1 Å². The van der Waals surface area contributed by atoms with Gasteiger partial charge in [-0.2, -0.15) is 0 Å². The average Bonchev–Trinajstić information content (AvgIpc) is 3.21. The predicted octanol–water partition coefficient (Wildman–Crippen LogP) is 8.21. The first-order valence-corrected chi connectivity index (χ1v) is 21.6. The molecule has 0 unspecified atom stereocenters. The number of carbonyl (C=O) groups excluding carboxylic acids is 1. The average molecular weight is 650 g/mol. The third-order valence-corrected chi connectivity index (χ3v) is 13.7. The first-order valence-electron chi connectivity index (χ1n) is 14.6. The number of amides is 1. The maximum atomic E-state index is 12.6. The van der Waals surface area contributed by atoms with Crippen molar-refractivity contribution in [3.8, 4) is 17.0 Å². The topological polar surface area (TPSA) is 110 Å². The van der Waals surface area contributed by atoms with E-state index in [2.05, 4.69) is 73.8 Å². The number of nitrogens with zero attached hydrogens (tertiary/aromatic N) is 4. The molecule has 0 aliphatic heterocycles. The van der Waals surface area contributed by atoms with E-state index in [0.717, 1.165) is 11.7 Å². The minimum atomic E-state index is -1.93. The summed E-state index contributed by atoms with van der Waals surface area (Å²) >= 11 is 6.32. The van der Waals surface area contributed by atoms with E-state index in [-0.39, 0.29) is 11.8 Å². The number of pyridine rings is 1. The number of anilines is 1. The summed E-state index contributed by atoms with van der Waals surface area (Å²) in [6, 6.07) is 4.61. The zero-order valence-electron chi connectivity index (χ0n) is 27.6. The summed E-state index contributed by atoms with van der Waals surface area (Å²) in [5.41, 5.74) is 1.37. The molecule has 0 aliphatic carbocycles. The van der Waals surface area contributed by atoms with Crippen LogP contribution < -0.4 is 10.1 Å². The largest absolute Gasteiger partial charge is 0.490 e. The van der Waals surface area contributed by atoms with Crippen LogP contribution in [0.15, 0.2) is 24.7 Å². The van der Waals surface area contributed by atoms with Gasteiger partial charge in [0.2, 0.25) is 0 Å². The standard InChI is InChI=1S/C30H48ClN5O5Si2/c1-29(2,3)41-28(37)35-26-21-16-23(36(27(21)34-19-33-26)20-38-14-15-42(7,8)9)22-18-32-25(31)17-24(22)39-12-13-40-43(10,11)30(4,5)6/h16-19H,12-15,20H2,1-11H3,(H,33,34,35,37). The van der Waals surface area contributed by atoms with Crippen molar-refractivity contribution in [2.75, 3.05) is 25.1 Å². The van der Waals surface area contributed by atoms with Crippen LogP contribution in [0.5, 0.6) is 5.75 Å². The molecule has 43 heavy (non-hydrogen) atoms. The molecular formula is C30H48ClN5O5Si2. The molecule has 3 aromatic heterocycles. The fourth-order valence-corrected chi connectivity index (χ4v) is 5.77. The van der Waals surface area contributed by atoms with E-state index < -0.39 is 28.1 Å². The monoisotopic (exact) mass is 649 g/mol. The number of fused-ring (bicyclic) bond motifs is 1. The van der Waals surface area contributed by atoms with Crippen molar-refractivity contribution in [3.05, 3.63) is 29.8 Å². The van der Waals surface area contributed by atoms with Crippen LogP contribution in [-0.2, 0) is 20.6 Å². The molecule has 10 nitrogen and oxygen atoms in total. The highest BCUT2D eigenvalue weighted by molar-refractivity contribution is 6.76. The fourth-order valence-electron chi connectivity index (χ4n) is 3.84. The lowest BCUT2D eigenvalue weighted by Gasteiger charge is -2.36. The second-order valence-electron chi connectivity index (χ2n) is 14.4. The molecule has 0 radical (unpaired) electrons. The van der Waals surface area contributed by atoms with Gasteiger partial charge in [-0.3, -0.25) is 5.32 Å². The molecule has 0 spiro atoms. The number of halogens is 1. The molecule has 1 N–H and O–H groups in total. The Hall–Kier alpha value is -2.52. The van der Waals surface area contributed by atoms with Crippen LogP contribution in [0, 0.1) is 0 Å². The summed E-state index contributed by atoms with van der Waals surface area (Å²) in [6.07, 6.45) is 2.48. The Labute approximate surface area is 263 Å².